The van der Waals surface area contributed by atoms with Gasteiger partial charge < -0.3 is 9.47 Å². The Kier molecular flexibility index (Phi) is 10.0. The van der Waals surface area contributed by atoms with Crippen molar-refractivity contribution in [1.82, 2.24) is 0 Å². The van der Waals surface area contributed by atoms with E-state index in [4.69, 9.17) is 4.74 Å². The summed E-state index contributed by atoms with van der Waals surface area (Å²) in [5.74, 6) is -10.7. The first kappa shape index (κ1) is 33.4. The monoisotopic (exact) mass is 652 g/mol. The van der Waals surface area contributed by atoms with Crippen LogP contribution in [0, 0.1) is 46.6 Å². The smallest absolute Gasteiger partial charge is 0.429 e. The first-order chi connectivity index (χ1) is 21.9. The van der Waals surface area contributed by atoms with E-state index in [0.29, 0.717) is 49.5 Å². The molecule has 4 aromatic carbocycles. The molecule has 0 aliphatic heterocycles. The molecule has 0 spiro atoms. The van der Waals surface area contributed by atoms with Crippen LogP contribution in [0.15, 0.2) is 60.7 Å². The molecule has 2 nitrogen and oxygen atoms in total. The Hall–Kier alpha value is -3.99. The number of rotatable bonds is 10. The van der Waals surface area contributed by atoms with E-state index in [2.05, 4.69) is 4.74 Å². The van der Waals surface area contributed by atoms with Crippen molar-refractivity contribution in [3.05, 3.63) is 113 Å². The number of hydrogen-bond donors (Lipinski definition) is 0. The molecule has 1 saturated carbocycles. The number of hydrogen-bond acceptors (Lipinski definition) is 2. The highest BCUT2D eigenvalue weighted by Crippen LogP contribution is 2.41. The van der Waals surface area contributed by atoms with Crippen LogP contribution in [-0.2, 0) is 10.8 Å². The van der Waals surface area contributed by atoms with Gasteiger partial charge >= 0.3 is 6.11 Å². The zero-order valence-electron chi connectivity index (χ0n) is 24.6. The summed E-state index contributed by atoms with van der Waals surface area (Å²) in [7, 11) is 0. The van der Waals surface area contributed by atoms with Gasteiger partial charge in [-0.1, -0.05) is 12.1 Å². The lowest BCUT2D eigenvalue weighted by Crippen LogP contribution is -2.25. The molecule has 1 fully saturated rings. The molecule has 244 valence electrons. The minimum absolute atomic E-state index is 0.121. The molecule has 11 heteroatoms. The zero-order valence-corrected chi connectivity index (χ0v) is 24.6. The standard InChI is InChI=1S/C35H29F9O2/c1-2-45-12-11-19-3-5-20(6-4-19)21-7-9-25(27(36)13-21)22-14-29(38)33(30(39)15-22)35(43,44)46-24-8-10-26(28(37)18-24)23-16-31(40)34(42)32(41)17-23/h7-10,13-20H,2-6,11-12H2,1H3. The summed E-state index contributed by atoms with van der Waals surface area (Å²) in [6, 6.07) is 8.46. The van der Waals surface area contributed by atoms with Gasteiger partial charge in [-0.3, -0.25) is 0 Å². The molecule has 0 N–H and O–H groups in total. The van der Waals surface area contributed by atoms with E-state index >= 15 is 22.0 Å². The van der Waals surface area contributed by atoms with Crippen LogP contribution in [0.1, 0.15) is 56.1 Å². The minimum atomic E-state index is -4.65. The fraction of sp³-hybridized carbons (Fsp3) is 0.314. The van der Waals surface area contributed by atoms with E-state index in [0.717, 1.165) is 49.8 Å². The van der Waals surface area contributed by atoms with E-state index in [-0.39, 0.29) is 17.0 Å². The van der Waals surface area contributed by atoms with Gasteiger partial charge in [0.25, 0.3) is 0 Å². The third-order valence-corrected chi connectivity index (χ3v) is 8.31. The Labute approximate surface area is 259 Å². The summed E-state index contributed by atoms with van der Waals surface area (Å²) in [6.45, 7) is 3.31. The second kappa shape index (κ2) is 13.8. The predicted octanol–water partition coefficient (Wildman–Crippen LogP) is 10.8. The van der Waals surface area contributed by atoms with E-state index in [9.17, 15) is 17.6 Å². The van der Waals surface area contributed by atoms with Gasteiger partial charge in [0.15, 0.2) is 17.5 Å². The third kappa shape index (κ3) is 7.19. The zero-order chi connectivity index (χ0) is 33.2. The van der Waals surface area contributed by atoms with Crippen molar-refractivity contribution in [3.63, 3.8) is 0 Å². The van der Waals surface area contributed by atoms with Crippen LogP contribution < -0.4 is 4.74 Å². The van der Waals surface area contributed by atoms with Crippen LogP contribution in [0.2, 0.25) is 0 Å². The van der Waals surface area contributed by atoms with Crippen molar-refractivity contribution in [2.45, 2.75) is 51.1 Å². The molecule has 0 radical (unpaired) electrons. The van der Waals surface area contributed by atoms with Gasteiger partial charge in [-0.05, 0) is 110 Å². The van der Waals surface area contributed by atoms with Gasteiger partial charge in [-0.25, -0.2) is 30.7 Å². The number of halogens is 9. The molecule has 0 saturated heterocycles. The van der Waals surface area contributed by atoms with Gasteiger partial charge in [-0.2, -0.15) is 8.78 Å². The minimum Gasteiger partial charge on any atom is -0.429 e. The van der Waals surface area contributed by atoms with Crippen molar-refractivity contribution in [2.24, 2.45) is 5.92 Å². The molecule has 4 aromatic rings. The average molecular weight is 653 g/mol. The molecule has 0 amide bonds. The highest BCUT2D eigenvalue weighted by Gasteiger charge is 2.41. The van der Waals surface area contributed by atoms with Crippen LogP contribution in [0.5, 0.6) is 5.75 Å². The molecule has 0 heterocycles. The molecule has 1 aliphatic carbocycles. The highest BCUT2D eigenvalue weighted by molar-refractivity contribution is 5.66. The largest absolute Gasteiger partial charge is 0.432 e. The Bertz CT molecular complexity index is 1670. The van der Waals surface area contributed by atoms with Crippen molar-refractivity contribution in [2.75, 3.05) is 13.2 Å². The van der Waals surface area contributed by atoms with Crippen LogP contribution >= 0.6 is 0 Å². The Morgan fingerprint density at radius 3 is 1.74 bits per heavy atom. The first-order valence-corrected chi connectivity index (χ1v) is 14.8. The van der Waals surface area contributed by atoms with Gasteiger partial charge in [0.1, 0.15) is 34.6 Å². The Morgan fingerprint density at radius 1 is 0.652 bits per heavy atom. The quantitative estimate of drug-likeness (QED) is 0.0964. The van der Waals surface area contributed by atoms with Crippen molar-refractivity contribution in [1.29, 1.82) is 0 Å². The van der Waals surface area contributed by atoms with Crippen LogP contribution in [-0.4, -0.2) is 13.2 Å². The lowest BCUT2D eigenvalue weighted by Gasteiger charge is -2.29. The summed E-state index contributed by atoms with van der Waals surface area (Å²) in [5, 5.41) is 0. The molecular formula is C35H29F9O2. The molecule has 0 bridgehead atoms. The molecular weight excluding hydrogens is 623 g/mol. The van der Waals surface area contributed by atoms with Gasteiger partial charge in [0.05, 0.1) is 0 Å². The Morgan fingerprint density at radius 2 is 1.20 bits per heavy atom. The third-order valence-electron chi connectivity index (χ3n) is 8.31. The second-order valence-electron chi connectivity index (χ2n) is 11.3. The van der Waals surface area contributed by atoms with Gasteiger partial charge in [-0.15, -0.1) is 0 Å². The molecule has 0 aromatic heterocycles. The molecule has 5 rings (SSSR count). The van der Waals surface area contributed by atoms with Gasteiger partial charge in [0.2, 0.25) is 0 Å². The maximum atomic E-state index is 15.2. The van der Waals surface area contributed by atoms with Crippen molar-refractivity contribution >= 4 is 0 Å². The predicted molar refractivity (Wildman–Crippen MR) is 154 cm³/mol. The highest BCUT2D eigenvalue weighted by atomic mass is 19.3. The summed E-state index contributed by atoms with van der Waals surface area (Å²) in [5.41, 5.74) is -2.45. The van der Waals surface area contributed by atoms with E-state index < -0.39 is 69.3 Å². The second-order valence-corrected chi connectivity index (χ2v) is 11.3. The summed E-state index contributed by atoms with van der Waals surface area (Å²) in [4.78, 5) is 0. The molecule has 46 heavy (non-hydrogen) atoms. The topological polar surface area (TPSA) is 18.5 Å². The summed E-state index contributed by atoms with van der Waals surface area (Å²) in [6.07, 6.45) is -0.0211. The van der Waals surface area contributed by atoms with E-state index in [1.54, 1.807) is 6.07 Å². The lowest BCUT2D eigenvalue weighted by molar-refractivity contribution is -0.189. The van der Waals surface area contributed by atoms with Crippen LogP contribution in [0.4, 0.5) is 39.5 Å². The molecule has 0 unspecified atom stereocenters. The average Bonchev–Trinajstić information content (AvgIpc) is 2.99. The normalized spacial score (nSPS) is 16.9. The molecule has 1 aliphatic rings. The maximum absolute atomic E-state index is 15.2. The SMILES string of the molecule is CCOCCC1CCC(c2ccc(-c3cc(F)c(C(F)(F)Oc4ccc(-c5cc(F)c(F)c(F)c5)c(F)c4)c(F)c3)c(F)c2)CC1. The Balaban J connectivity index is 1.31. The number of alkyl halides is 2. The lowest BCUT2D eigenvalue weighted by atomic mass is 9.77. The summed E-state index contributed by atoms with van der Waals surface area (Å²) < 4.78 is 140. The fourth-order valence-electron chi connectivity index (χ4n) is 5.91. The number of ether oxygens (including phenoxy) is 2. The van der Waals surface area contributed by atoms with Crippen molar-refractivity contribution < 1.29 is 49.0 Å². The fourth-order valence-corrected chi connectivity index (χ4v) is 5.91. The van der Waals surface area contributed by atoms with Gasteiger partial charge in [0, 0.05) is 30.4 Å². The van der Waals surface area contributed by atoms with Crippen molar-refractivity contribution in [3.8, 4) is 28.0 Å². The van der Waals surface area contributed by atoms with Crippen LogP contribution in [0.25, 0.3) is 22.3 Å². The van der Waals surface area contributed by atoms with Crippen LogP contribution in [0.3, 0.4) is 0 Å². The number of benzene rings is 4. The molecule has 0 atom stereocenters. The first-order valence-electron chi connectivity index (χ1n) is 14.8. The van der Waals surface area contributed by atoms with E-state index in [1.807, 2.05) is 6.92 Å². The maximum Gasteiger partial charge on any atom is 0.432 e. The van der Waals surface area contributed by atoms with E-state index in [1.165, 1.54) is 12.1 Å². The summed E-state index contributed by atoms with van der Waals surface area (Å²) >= 11 is 0.